The van der Waals surface area contributed by atoms with E-state index >= 15 is 0 Å². The van der Waals surface area contributed by atoms with Crippen LogP contribution in [0.1, 0.15) is 61.6 Å². The van der Waals surface area contributed by atoms with Gasteiger partial charge in [0, 0.05) is 6.61 Å². The molecule has 0 saturated carbocycles. The van der Waals surface area contributed by atoms with Crippen LogP contribution in [0, 0.1) is 0 Å². The molecule has 2 aromatic rings. The number of alkyl halides is 3. The van der Waals surface area contributed by atoms with E-state index in [1.54, 1.807) is 0 Å². The molecule has 2 aromatic carbocycles. The molecule has 4 heteroatoms. The average Bonchev–Trinajstić information content (AvgIpc) is 2.69. The van der Waals surface area contributed by atoms with Crippen molar-refractivity contribution >= 4 is 6.08 Å². The van der Waals surface area contributed by atoms with Crippen molar-refractivity contribution in [2.24, 2.45) is 0 Å². The molecule has 152 valence electrons. The van der Waals surface area contributed by atoms with Crippen LogP contribution in [0.15, 0.2) is 60.7 Å². The van der Waals surface area contributed by atoms with Crippen LogP contribution in [0.5, 0.6) is 0 Å². The molecule has 0 atom stereocenters. The third-order valence-corrected chi connectivity index (χ3v) is 4.57. The van der Waals surface area contributed by atoms with E-state index in [1.165, 1.54) is 43.4 Å². The largest absolute Gasteiger partial charge is 0.416 e. The van der Waals surface area contributed by atoms with E-state index in [9.17, 15) is 13.2 Å². The van der Waals surface area contributed by atoms with Crippen LogP contribution in [-0.4, -0.2) is 6.61 Å². The summed E-state index contributed by atoms with van der Waals surface area (Å²) >= 11 is 0. The van der Waals surface area contributed by atoms with Gasteiger partial charge in [0.25, 0.3) is 0 Å². The zero-order valence-corrected chi connectivity index (χ0v) is 16.3. The molecule has 0 heterocycles. The minimum absolute atomic E-state index is 0.602. The smallest absolute Gasteiger partial charge is 0.377 e. The zero-order chi connectivity index (χ0) is 20.1. The lowest BCUT2D eigenvalue weighted by Crippen LogP contribution is -2.03. The molecule has 0 fully saturated rings. The summed E-state index contributed by atoms with van der Waals surface area (Å²) < 4.78 is 43.2. The molecule has 28 heavy (non-hydrogen) atoms. The van der Waals surface area contributed by atoms with Gasteiger partial charge in [-0.25, -0.2) is 0 Å². The normalized spacial score (nSPS) is 12.0. The van der Waals surface area contributed by atoms with Crippen LogP contribution in [0.2, 0.25) is 0 Å². The van der Waals surface area contributed by atoms with Crippen LogP contribution in [-0.2, 0) is 17.5 Å². The lowest BCUT2D eigenvalue weighted by atomic mass is 10.1. The molecular formula is C24H29F3O. The van der Waals surface area contributed by atoms with Gasteiger partial charge in [-0.15, -0.1) is 0 Å². The Morgan fingerprint density at radius 1 is 0.750 bits per heavy atom. The SMILES string of the molecule is FC(F)(F)c1ccc(/C=C/CCCCCCCCOCc2ccccc2)cc1. The first-order valence-corrected chi connectivity index (χ1v) is 10.0. The molecule has 0 aliphatic carbocycles. The van der Waals surface area contributed by atoms with Crippen molar-refractivity contribution in [3.8, 4) is 0 Å². The van der Waals surface area contributed by atoms with Crippen molar-refractivity contribution < 1.29 is 17.9 Å². The highest BCUT2D eigenvalue weighted by Gasteiger charge is 2.29. The lowest BCUT2D eigenvalue weighted by Gasteiger charge is -2.06. The molecule has 0 aliphatic rings. The second-order valence-corrected chi connectivity index (χ2v) is 6.97. The maximum absolute atomic E-state index is 12.5. The Balaban J connectivity index is 1.43. The Labute approximate surface area is 166 Å². The highest BCUT2D eigenvalue weighted by atomic mass is 19.4. The van der Waals surface area contributed by atoms with Gasteiger partial charge >= 0.3 is 6.18 Å². The van der Waals surface area contributed by atoms with Crippen LogP contribution in [0.3, 0.4) is 0 Å². The van der Waals surface area contributed by atoms with Gasteiger partial charge in [0.05, 0.1) is 12.2 Å². The van der Waals surface area contributed by atoms with Crippen molar-refractivity contribution in [3.63, 3.8) is 0 Å². The molecule has 0 saturated heterocycles. The van der Waals surface area contributed by atoms with Gasteiger partial charge in [-0.3, -0.25) is 0 Å². The second kappa shape index (κ2) is 12.4. The van der Waals surface area contributed by atoms with Crippen molar-refractivity contribution in [2.75, 3.05) is 6.61 Å². The predicted octanol–water partition coefficient (Wildman–Crippen LogP) is 7.67. The predicted molar refractivity (Wildman–Crippen MR) is 109 cm³/mol. The summed E-state index contributed by atoms with van der Waals surface area (Å²) in [6.45, 7) is 1.50. The maximum Gasteiger partial charge on any atom is 0.416 e. The lowest BCUT2D eigenvalue weighted by molar-refractivity contribution is -0.137. The van der Waals surface area contributed by atoms with Crippen LogP contribution in [0.4, 0.5) is 13.2 Å². The molecule has 0 amide bonds. The Bertz CT molecular complexity index is 675. The number of ether oxygens (including phenoxy) is 1. The molecule has 0 spiro atoms. The number of benzene rings is 2. The highest BCUT2D eigenvalue weighted by molar-refractivity contribution is 5.49. The van der Waals surface area contributed by atoms with E-state index in [2.05, 4.69) is 12.1 Å². The van der Waals surface area contributed by atoms with Gasteiger partial charge in [-0.1, -0.05) is 80.3 Å². The van der Waals surface area contributed by atoms with Crippen LogP contribution in [0.25, 0.3) is 6.08 Å². The van der Waals surface area contributed by atoms with Crippen molar-refractivity contribution in [2.45, 2.75) is 57.7 Å². The summed E-state index contributed by atoms with van der Waals surface area (Å²) in [6.07, 6.45) is 7.65. The van der Waals surface area contributed by atoms with E-state index in [1.807, 2.05) is 30.4 Å². The molecule has 1 nitrogen and oxygen atoms in total. The average molecular weight is 390 g/mol. The van der Waals surface area contributed by atoms with E-state index in [0.29, 0.717) is 6.61 Å². The fourth-order valence-corrected chi connectivity index (χ4v) is 2.94. The van der Waals surface area contributed by atoms with Crippen LogP contribution >= 0.6 is 0 Å². The Morgan fingerprint density at radius 2 is 1.39 bits per heavy atom. The van der Waals surface area contributed by atoms with Gasteiger partial charge in [0.15, 0.2) is 0 Å². The minimum atomic E-state index is -4.27. The molecule has 0 aromatic heterocycles. The summed E-state index contributed by atoms with van der Waals surface area (Å²) in [5.41, 5.74) is 1.42. The number of allylic oxidation sites excluding steroid dienone is 1. The fraction of sp³-hybridized carbons (Fsp3) is 0.417. The Hall–Kier alpha value is -2.07. The fourth-order valence-electron chi connectivity index (χ4n) is 2.94. The minimum Gasteiger partial charge on any atom is -0.377 e. The van der Waals surface area contributed by atoms with E-state index in [-0.39, 0.29) is 0 Å². The molecule has 2 rings (SSSR count). The number of hydrogen-bond donors (Lipinski definition) is 0. The van der Waals surface area contributed by atoms with Gasteiger partial charge in [-0.05, 0) is 42.5 Å². The number of halogens is 3. The Morgan fingerprint density at radius 3 is 2.07 bits per heavy atom. The van der Waals surface area contributed by atoms with E-state index < -0.39 is 11.7 Å². The van der Waals surface area contributed by atoms with Gasteiger partial charge in [0.1, 0.15) is 0 Å². The van der Waals surface area contributed by atoms with E-state index in [4.69, 9.17) is 4.74 Å². The monoisotopic (exact) mass is 390 g/mol. The van der Waals surface area contributed by atoms with Gasteiger partial charge in [0.2, 0.25) is 0 Å². The summed E-state index contributed by atoms with van der Waals surface area (Å²) in [7, 11) is 0. The molecule has 0 N–H and O–H groups in total. The third kappa shape index (κ3) is 9.23. The summed E-state index contributed by atoms with van der Waals surface area (Å²) in [6, 6.07) is 15.5. The summed E-state index contributed by atoms with van der Waals surface area (Å²) in [5, 5.41) is 0. The third-order valence-electron chi connectivity index (χ3n) is 4.57. The first-order chi connectivity index (χ1) is 13.6. The standard InChI is InChI=1S/C24H29F3O/c25-24(26,27)23-17-15-21(16-18-23)12-8-5-3-1-2-4-6-11-19-28-20-22-13-9-7-10-14-22/h7-10,12-18H,1-6,11,19-20H2/b12-8+. The molecule has 0 radical (unpaired) electrons. The number of hydrogen-bond acceptors (Lipinski definition) is 1. The Kier molecular flexibility index (Phi) is 9.84. The second-order valence-electron chi connectivity index (χ2n) is 6.97. The zero-order valence-electron chi connectivity index (χ0n) is 16.3. The van der Waals surface area contributed by atoms with Crippen LogP contribution < -0.4 is 0 Å². The summed E-state index contributed by atoms with van der Waals surface area (Å²) in [4.78, 5) is 0. The van der Waals surface area contributed by atoms with Crippen molar-refractivity contribution in [1.29, 1.82) is 0 Å². The van der Waals surface area contributed by atoms with Crippen molar-refractivity contribution in [1.82, 2.24) is 0 Å². The molecule has 0 unspecified atom stereocenters. The van der Waals surface area contributed by atoms with Gasteiger partial charge < -0.3 is 4.74 Å². The maximum atomic E-state index is 12.5. The molecule has 0 aliphatic heterocycles. The van der Waals surface area contributed by atoms with Gasteiger partial charge in [-0.2, -0.15) is 13.2 Å². The van der Waals surface area contributed by atoms with E-state index in [0.717, 1.165) is 43.6 Å². The topological polar surface area (TPSA) is 9.23 Å². The summed E-state index contributed by atoms with van der Waals surface area (Å²) in [5.74, 6) is 0. The molecular weight excluding hydrogens is 361 g/mol. The highest BCUT2D eigenvalue weighted by Crippen LogP contribution is 2.29. The number of unbranched alkanes of at least 4 members (excludes halogenated alkanes) is 6. The molecule has 0 bridgehead atoms. The first kappa shape index (κ1) is 22.2. The van der Waals surface area contributed by atoms with Crippen molar-refractivity contribution in [3.05, 3.63) is 77.4 Å². The quantitative estimate of drug-likeness (QED) is 0.338. The number of rotatable bonds is 12. The first-order valence-electron chi connectivity index (χ1n) is 10.0.